The molecule has 9 rings (SSSR count). The second kappa shape index (κ2) is 31.7. The number of unbranched alkanes of at least 4 members (excludes halogenated alkanes) is 2. The van der Waals surface area contributed by atoms with Gasteiger partial charge in [-0.25, -0.2) is 36.9 Å². The third kappa shape index (κ3) is 18.4. The Kier molecular flexibility index (Phi) is 23.8. The summed E-state index contributed by atoms with van der Waals surface area (Å²) in [5.74, 6) is -6.12. The molecule has 0 saturated carbocycles. The quantitative estimate of drug-likeness (QED) is 0.0122. The number of hydrogen-bond donors (Lipinski definition) is 6. The van der Waals surface area contributed by atoms with Gasteiger partial charge in [-0.2, -0.15) is 0 Å². The van der Waals surface area contributed by atoms with Crippen LogP contribution in [0.1, 0.15) is 158 Å². The van der Waals surface area contributed by atoms with Crippen molar-refractivity contribution in [2.45, 2.75) is 181 Å². The van der Waals surface area contributed by atoms with Gasteiger partial charge in [0, 0.05) is 85.8 Å². The second-order valence-corrected chi connectivity index (χ2v) is 30.0. The number of ether oxygens (including phenoxy) is 4. The minimum absolute atomic E-state index is 0.0126. The molecule has 2 aromatic carbocycles. The molecule has 6 heterocycles. The number of rotatable bonds is 33. The van der Waals surface area contributed by atoms with Crippen molar-refractivity contribution in [2.24, 2.45) is 5.92 Å². The minimum atomic E-state index is -3.60. The molecule has 4 atom stereocenters. The largest absolute Gasteiger partial charge is 0.444 e. The topological polar surface area (TPSA) is 375 Å². The number of sulfone groups is 1. The Bertz CT molecular complexity index is 4130. The molecule has 4 aliphatic heterocycles. The summed E-state index contributed by atoms with van der Waals surface area (Å²) in [6.07, 6.45) is 9.61. The van der Waals surface area contributed by atoms with E-state index in [1.807, 2.05) is 32.6 Å². The number of hydrogen-bond acceptors (Lipinski definition) is 21. The zero-order valence-corrected chi connectivity index (χ0v) is 59.4. The molecule has 0 radical (unpaired) electrons. The van der Waals surface area contributed by atoms with Crippen molar-refractivity contribution in [3.63, 3.8) is 0 Å². The smallest absolute Gasteiger partial charge is 0.411 e. The Morgan fingerprint density at radius 2 is 1.63 bits per heavy atom. The van der Waals surface area contributed by atoms with Crippen LogP contribution in [0, 0.1) is 18.7 Å². The van der Waals surface area contributed by atoms with E-state index in [1.165, 1.54) is 30.0 Å². The van der Waals surface area contributed by atoms with Gasteiger partial charge < -0.3 is 55.5 Å². The highest BCUT2D eigenvalue weighted by molar-refractivity contribution is 7.90. The number of imide groups is 1. The monoisotopic (exact) mass is 1420 g/mol. The van der Waals surface area contributed by atoms with Gasteiger partial charge >= 0.3 is 18.0 Å². The lowest BCUT2D eigenvalue weighted by atomic mass is 9.81. The van der Waals surface area contributed by atoms with Crippen molar-refractivity contribution < 1.29 is 84.8 Å². The number of pyridine rings is 1. The van der Waals surface area contributed by atoms with Crippen molar-refractivity contribution in [2.75, 3.05) is 56.9 Å². The number of amides is 8. The Hall–Kier alpha value is -9.33. The minimum Gasteiger partial charge on any atom is -0.444 e. The van der Waals surface area contributed by atoms with Crippen LogP contribution in [0.15, 0.2) is 65.9 Å². The summed E-state index contributed by atoms with van der Waals surface area (Å²) < 4.78 is 64.3. The normalized spacial score (nSPS) is 17.8. The summed E-state index contributed by atoms with van der Waals surface area (Å²) in [5.41, 5.74) is 2.10. The van der Waals surface area contributed by atoms with Crippen molar-refractivity contribution in [3.05, 3.63) is 111 Å². The predicted molar refractivity (Wildman–Crippen MR) is 364 cm³/mol. The Morgan fingerprint density at radius 3 is 2.33 bits per heavy atom. The number of anilines is 1. The van der Waals surface area contributed by atoms with Crippen molar-refractivity contribution in [1.82, 2.24) is 55.9 Å². The van der Waals surface area contributed by atoms with Gasteiger partial charge in [-0.3, -0.25) is 43.4 Å². The fraction of sp³-hybridized carbons (Fsp3) is 0.529. The van der Waals surface area contributed by atoms with Crippen LogP contribution >= 0.6 is 0 Å². The van der Waals surface area contributed by atoms with Gasteiger partial charge in [0.1, 0.15) is 53.4 Å². The van der Waals surface area contributed by atoms with Crippen molar-refractivity contribution >= 4 is 91.5 Å². The summed E-state index contributed by atoms with van der Waals surface area (Å²) in [5, 5.41) is 34.7. The van der Waals surface area contributed by atoms with E-state index in [-0.39, 0.29) is 92.7 Å². The molecule has 4 aromatic rings. The average molecular weight is 1420 g/mol. The van der Waals surface area contributed by atoms with Crippen LogP contribution in [-0.4, -0.2) is 182 Å². The maximum absolute atomic E-state index is 15.5. The van der Waals surface area contributed by atoms with Crippen LogP contribution < -0.4 is 26.6 Å². The molecule has 1 aliphatic carbocycles. The summed E-state index contributed by atoms with van der Waals surface area (Å²) in [6.45, 7) is 15.3. The van der Waals surface area contributed by atoms with E-state index in [2.05, 4.69) is 36.9 Å². The second-order valence-electron chi connectivity index (χ2n) is 27.7. The lowest BCUT2D eigenvalue weighted by molar-refractivity contribution is -0.172. The van der Waals surface area contributed by atoms with E-state index in [0.29, 0.717) is 114 Å². The number of esters is 2. The summed E-state index contributed by atoms with van der Waals surface area (Å²) in [4.78, 5) is 138. The molecule has 544 valence electrons. The number of aromatic nitrogens is 4. The number of cyclic esters (lactones) is 2. The zero-order chi connectivity index (χ0) is 73.5. The number of aliphatic hydroxyl groups is 1. The molecular formula is C70H89FN12O17S. The van der Waals surface area contributed by atoms with Crippen molar-refractivity contribution in [3.8, 4) is 0 Å². The van der Waals surface area contributed by atoms with Crippen LogP contribution in [0.3, 0.4) is 0 Å². The molecule has 3 unspecified atom stereocenters. The lowest BCUT2D eigenvalue weighted by Crippen LogP contribution is -2.53. The van der Waals surface area contributed by atoms with Crippen LogP contribution in [-0.2, 0) is 104 Å². The maximum Gasteiger partial charge on any atom is 0.411 e. The Balaban J connectivity index is 0.699. The van der Waals surface area contributed by atoms with Gasteiger partial charge in [-0.1, -0.05) is 44.5 Å². The summed E-state index contributed by atoms with van der Waals surface area (Å²) >= 11 is 0. The van der Waals surface area contributed by atoms with E-state index >= 15 is 4.39 Å². The standard InChI is InChI=1S/C70H89FN12O17S/c1-11-70(94)49-31-53-62-48(36-81(53)35-47(49)65(91)100-66(70)92)60-51(21-20-46-41(4)50(71)32-52(76-62)59(46)60)75-56(86)38-97-39-80(28-30-101(10,95)96)67(93)98-37-43-16-18-44(19-17-43)74-63(89)42(5)73-64(90)61(40(2)3)77-55(85)24-25-69(8,9)99-29-26-68(6,7)83-34-45(78-79-83)33-72-54(84)15-13-12-14-27-82-57(87)22-23-58(82)88/h16-19,22-23,31-32,34,40,42,51,61,94H,11-15,20-21,24-30,33,35-39H2,1-10H3,(H,72,84)(H,73,90)(H,74,89)(H,75,86)(H,77,85)/t42?,51?,61-,70?/m0/s1. The summed E-state index contributed by atoms with van der Waals surface area (Å²) in [7, 11) is -3.60. The molecule has 101 heavy (non-hydrogen) atoms. The molecule has 0 fully saturated rings. The third-order valence-corrected chi connectivity index (χ3v) is 19.7. The van der Waals surface area contributed by atoms with Gasteiger partial charge in [0.2, 0.25) is 29.5 Å². The molecular weight excluding hydrogens is 1330 g/mol. The van der Waals surface area contributed by atoms with Gasteiger partial charge in [0.25, 0.3) is 11.8 Å². The van der Waals surface area contributed by atoms with Crippen LogP contribution in [0.4, 0.5) is 14.9 Å². The van der Waals surface area contributed by atoms with Gasteiger partial charge in [-0.15, -0.1) is 5.10 Å². The number of carbonyl (C=O) groups is 10. The van der Waals surface area contributed by atoms with E-state index in [4.69, 9.17) is 23.9 Å². The summed E-state index contributed by atoms with van der Waals surface area (Å²) in [6, 6.07) is 4.93. The van der Waals surface area contributed by atoms with Crippen LogP contribution in [0.2, 0.25) is 0 Å². The number of fused-ring (bicyclic) bond motifs is 4. The first-order valence-electron chi connectivity index (χ1n) is 33.8. The van der Waals surface area contributed by atoms with Crippen LogP contribution in [0.5, 0.6) is 0 Å². The molecule has 6 N–H and O–H groups in total. The number of carbonyl (C=O) groups excluding carboxylic acids is 10. The molecule has 0 bridgehead atoms. The first-order chi connectivity index (χ1) is 47.6. The highest BCUT2D eigenvalue weighted by Crippen LogP contribution is 2.48. The van der Waals surface area contributed by atoms with E-state index in [9.17, 15) is 61.5 Å². The molecule has 8 amide bonds. The van der Waals surface area contributed by atoms with Crippen LogP contribution in [0.25, 0.3) is 16.6 Å². The maximum atomic E-state index is 15.5. The number of benzene rings is 2. The van der Waals surface area contributed by atoms with Gasteiger partial charge in [-0.05, 0) is 133 Å². The fourth-order valence-corrected chi connectivity index (χ4v) is 13.1. The van der Waals surface area contributed by atoms with E-state index in [1.54, 1.807) is 68.9 Å². The predicted octanol–water partition coefficient (Wildman–Crippen LogP) is 4.81. The molecule has 31 heteroatoms. The lowest BCUT2D eigenvalue weighted by Gasteiger charge is -2.36. The first-order valence-corrected chi connectivity index (χ1v) is 35.9. The molecule has 0 saturated heterocycles. The zero-order valence-electron chi connectivity index (χ0n) is 58.5. The molecule has 0 spiro atoms. The van der Waals surface area contributed by atoms with Gasteiger partial charge in [0.05, 0.1) is 64.7 Å². The average Bonchev–Trinajstić information content (AvgIpc) is 1.62. The highest BCUT2D eigenvalue weighted by Gasteiger charge is 2.51. The Labute approximate surface area is 584 Å². The molecule has 5 aliphatic rings. The van der Waals surface area contributed by atoms with Gasteiger partial charge in [0.15, 0.2) is 5.60 Å². The SMILES string of the molecule is CCC1(O)C(=O)OC(=O)C2=C1C=C1c3nc4cc(F)c(C)c5c4c(c3CN1C2)C(NC(=O)COCN(CCS(C)(=O)=O)C(=O)OCc1ccc(NC(=O)C(C)NC(=O)[C@@H](NC(=O)CCC(C)(C)OCCC(C)(C)n2cc(CNC(=O)CCCCCN3C(=O)C=CC3=O)nn2)C(C)C)cc1)CC5. The third-order valence-electron chi connectivity index (χ3n) is 18.8. The number of aryl methyl sites for hydroxylation is 1. The first kappa shape index (κ1) is 75.9. The Morgan fingerprint density at radius 1 is 0.911 bits per heavy atom. The van der Waals surface area contributed by atoms with E-state index < -0.39 is 105 Å². The molecule has 29 nitrogen and oxygen atoms in total. The number of nitrogens with zero attached hydrogens (tertiary/aromatic N) is 7. The molecule has 2 aromatic heterocycles. The highest BCUT2D eigenvalue weighted by atomic mass is 32.2. The fourth-order valence-electron chi connectivity index (χ4n) is 12.5. The number of nitrogens with one attached hydrogen (secondary N) is 5. The number of halogens is 1. The van der Waals surface area contributed by atoms with E-state index in [0.717, 1.165) is 16.7 Å². The van der Waals surface area contributed by atoms with Crippen molar-refractivity contribution in [1.29, 1.82) is 0 Å².